The number of rotatable bonds is 1. The van der Waals surface area contributed by atoms with E-state index < -0.39 is 0 Å². The maximum atomic E-state index is 11.6. The molecule has 0 unspecified atom stereocenters. The zero-order valence-electron chi connectivity index (χ0n) is 9.67. The molecular formula is C13H10N2O3. The van der Waals surface area contributed by atoms with Crippen molar-refractivity contribution in [3.63, 3.8) is 0 Å². The Hall–Kier alpha value is -2.43. The summed E-state index contributed by atoms with van der Waals surface area (Å²) < 4.78 is 5.00. The van der Waals surface area contributed by atoms with E-state index in [2.05, 4.69) is 9.98 Å². The van der Waals surface area contributed by atoms with Gasteiger partial charge in [0.2, 0.25) is 0 Å². The molecule has 0 spiro atoms. The molecule has 0 bridgehead atoms. The predicted molar refractivity (Wildman–Crippen MR) is 62.3 cm³/mol. The second-order valence-electron chi connectivity index (χ2n) is 4.06. The van der Waals surface area contributed by atoms with Crippen LogP contribution in [0.1, 0.15) is 18.0 Å². The number of carbonyl (C=O) groups excluding carboxylic acids is 1. The van der Waals surface area contributed by atoms with Crippen molar-refractivity contribution in [3.05, 3.63) is 46.4 Å². The van der Waals surface area contributed by atoms with Crippen LogP contribution in [0.4, 0.5) is 0 Å². The molecular weight excluding hydrogens is 232 g/mol. The van der Waals surface area contributed by atoms with Crippen LogP contribution in [0.5, 0.6) is 5.95 Å². The van der Waals surface area contributed by atoms with Gasteiger partial charge in [-0.2, -0.15) is 0 Å². The first-order valence-corrected chi connectivity index (χ1v) is 5.51. The topological polar surface area (TPSA) is 75.7 Å². The number of hydrogen-bond acceptors (Lipinski definition) is 4. The molecule has 2 heterocycles. The lowest BCUT2D eigenvalue weighted by Crippen LogP contribution is -2.32. The van der Waals surface area contributed by atoms with Crippen LogP contribution in [0.25, 0.3) is 5.57 Å². The Morgan fingerprint density at radius 2 is 2.11 bits per heavy atom. The van der Waals surface area contributed by atoms with E-state index in [9.17, 15) is 9.90 Å². The van der Waals surface area contributed by atoms with Gasteiger partial charge in [-0.3, -0.25) is 4.79 Å². The fraction of sp³-hybridized carbons (Fsp3) is 0.154. The highest BCUT2D eigenvalue weighted by atomic mass is 16.5. The summed E-state index contributed by atoms with van der Waals surface area (Å²) in [7, 11) is 0. The molecule has 1 aliphatic heterocycles. The summed E-state index contributed by atoms with van der Waals surface area (Å²) in [6.07, 6.45) is 0.122. The minimum absolute atomic E-state index is 0.122. The summed E-state index contributed by atoms with van der Waals surface area (Å²) in [4.78, 5) is 19.7. The van der Waals surface area contributed by atoms with Gasteiger partial charge in [-0.25, -0.2) is 9.98 Å². The molecule has 0 saturated heterocycles. The molecule has 1 amide bonds. The molecule has 1 aromatic carbocycles. The van der Waals surface area contributed by atoms with Crippen molar-refractivity contribution in [1.29, 1.82) is 0 Å². The quantitative estimate of drug-likeness (QED) is 0.787. The second-order valence-corrected chi connectivity index (χ2v) is 4.06. The first-order valence-electron chi connectivity index (χ1n) is 5.51. The Morgan fingerprint density at radius 3 is 2.83 bits per heavy atom. The Morgan fingerprint density at radius 1 is 1.33 bits per heavy atom. The van der Waals surface area contributed by atoms with E-state index in [1.165, 1.54) is 0 Å². The maximum Gasteiger partial charge on any atom is 0.310 e. The number of benzene rings is 1. The van der Waals surface area contributed by atoms with Crippen LogP contribution in [0, 0.1) is 6.92 Å². The number of nitrogens with zero attached hydrogens (tertiary/aromatic N) is 2. The second kappa shape index (κ2) is 3.80. The standard InChI is InChI=1S/C13H10N2O3/c1-7-14-12(13(17)18-7)9-6-11(16)15-10-5-3-2-4-8(9)10/h2-5,17H,6H2,1H3. The van der Waals surface area contributed by atoms with Gasteiger partial charge in [-0.05, 0) is 6.07 Å². The van der Waals surface area contributed by atoms with Crippen LogP contribution in [0.2, 0.25) is 0 Å². The molecule has 2 aromatic rings. The minimum atomic E-state index is -0.257. The molecule has 0 atom stereocenters. The number of aromatic nitrogens is 1. The van der Waals surface area contributed by atoms with Gasteiger partial charge in [0.1, 0.15) is 0 Å². The molecule has 0 radical (unpaired) electrons. The Balaban J connectivity index is 2.38. The van der Waals surface area contributed by atoms with Gasteiger partial charge in [0, 0.05) is 17.7 Å². The maximum absolute atomic E-state index is 11.6. The van der Waals surface area contributed by atoms with Crippen LogP contribution in [0.15, 0.2) is 33.7 Å². The van der Waals surface area contributed by atoms with Crippen LogP contribution in [0.3, 0.4) is 0 Å². The molecule has 1 aromatic heterocycles. The number of oxazole rings is 1. The molecule has 0 aliphatic carbocycles. The summed E-state index contributed by atoms with van der Waals surface area (Å²) in [5.74, 6) is -0.141. The van der Waals surface area contributed by atoms with Gasteiger partial charge in [0.15, 0.2) is 11.6 Å². The van der Waals surface area contributed by atoms with E-state index in [0.717, 1.165) is 5.22 Å². The highest BCUT2D eigenvalue weighted by Gasteiger charge is 2.20. The number of aromatic hydroxyl groups is 1. The molecule has 0 fully saturated rings. The van der Waals surface area contributed by atoms with E-state index in [1.54, 1.807) is 13.0 Å². The average Bonchev–Trinajstić information content (AvgIpc) is 2.67. The third-order valence-electron chi connectivity index (χ3n) is 2.80. The molecule has 5 heteroatoms. The summed E-state index contributed by atoms with van der Waals surface area (Å²) >= 11 is 0. The van der Waals surface area contributed by atoms with Gasteiger partial charge in [-0.15, -0.1) is 0 Å². The minimum Gasteiger partial charge on any atom is -0.479 e. The van der Waals surface area contributed by atoms with Crippen LogP contribution in [-0.4, -0.2) is 16.0 Å². The predicted octanol–water partition coefficient (Wildman–Crippen LogP) is 0.438. The number of aryl methyl sites for hydroxylation is 1. The number of para-hydroxylation sites is 1. The molecule has 3 rings (SSSR count). The van der Waals surface area contributed by atoms with Crippen molar-refractivity contribution < 1.29 is 14.3 Å². The first-order chi connectivity index (χ1) is 8.65. The van der Waals surface area contributed by atoms with E-state index in [1.807, 2.05) is 18.2 Å². The number of hydrogen-bond donors (Lipinski definition) is 1. The highest BCUT2D eigenvalue weighted by Crippen LogP contribution is 2.26. The summed E-state index contributed by atoms with van der Waals surface area (Å²) in [5.41, 5.74) is 0.975. The highest BCUT2D eigenvalue weighted by molar-refractivity contribution is 5.90. The lowest BCUT2D eigenvalue weighted by atomic mass is 10.0. The van der Waals surface area contributed by atoms with Crippen LogP contribution >= 0.6 is 0 Å². The Kier molecular flexibility index (Phi) is 2.26. The van der Waals surface area contributed by atoms with E-state index in [-0.39, 0.29) is 18.3 Å². The molecule has 90 valence electrons. The van der Waals surface area contributed by atoms with Gasteiger partial charge in [0.25, 0.3) is 5.91 Å². The summed E-state index contributed by atoms with van der Waals surface area (Å²) in [5, 5.41) is 11.1. The SMILES string of the molecule is Cc1nc(C2=c3ccccc3=NC(=O)C2)c(O)o1. The van der Waals surface area contributed by atoms with Gasteiger partial charge in [0.05, 0.1) is 11.8 Å². The Bertz CT molecular complexity index is 759. The first kappa shape index (κ1) is 10.7. The Labute approximate surface area is 102 Å². The van der Waals surface area contributed by atoms with Crippen molar-refractivity contribution in [2.45, 2.75) is 13.3 Å². The molecule has 1 aliphatic rings. The van der Waals surface area contributed by atoms with E-state index in [0.29, 0.717) is 22.5 Å². The normalized spacial score (nSPS) is 14.3. The van der Waals surface area contributed by atoms with Gasteiger partial charge >= 0.3 is 5.95 Å². The number of carbonyl (C=O) groups is 1. The molecule has 5 nitrogen and oxygen atoms in total. The zero-order valence-corrected chi connectivity index (χ0v) is 9.67. The van der Waals surface area contributed by atoms with Crippen molar-refractivity contribution >= 4 is 11.5 Å². The molecule has 18 heavy (non-hydrogen) atoms. The summed E-state index contributed by atoms with van der Waals surface area (Å²) in [6.45, 7) is 1.64. The van der Waals surface area contributed by atoms with Crippen molar-refractivity contribution in [2.75, 3.05) is 0 Å². The molecule has 0 saturated carbocycles. The third-order valence-corrected chi connectivity index (χ3v) is 2.80. The fourth-order valence-electron chi connectivity index (χ4n) is 2.07. The van der Waals surface area contributed by atoms with Crippen LogP contribution in [-0.2, 0) is 4.79 Å². The zero-order chi connectivity index (χ0) is 12.7. The number of amides is 1. The molecule has 1 N–H and O–H groups in total. The van der Waals surface area contributed by atoms with Crippen molar-refractivity contribution in [2.24, 2.45) is 4.99 Å². The van der Waals surface area contributed by atoms with E-state index >= 15 is 0 Å². The monoisotopic (exact) mass is 242 g/mol. The van der Waals surface area contributed by atoms with Gasteiger partial charge in [-0.1, -0.05) is 18.2 Å². The van der Waals surface area contributed by atoms with E-state index in [4.69, 9.17) is 4.42 Å². The smallest absolute Gasteiger partial charge is 0.310 e. The van der Waals surface area contributed by atoms with Gasteiger partial charge < -0.3 is 9.52 Å². The average molecular weight is 242 g/mol. The lowest BCUT2D eigenvalue weighted by molar-refractivity contribution is -0.117. The third kappa shape index (κ3) is 1.60. The lowest BCUT2D eigenvalue weighted by Gasteiger charge is -2.06. The van der Waals surface area contributed by atoms with Crippen molar-refractivity contribution in [1.82, 2.24) is 4.98 Å². The fourth-order valence-corrected chi connectivity index (χ4v) is 2.07. The van der Waals surface area contributed by atoms with Crippen molar-refractivity contribution in [3.8, 4) is 5.95 Å². The van der Waals surface area contributed by atoms with Crippen LogP contribution < -0.4 is 10.6 Å². The number of fused-ring (bicyclic) bond motifs is 1. The summed E-state index contributed by atoms with van der Waals surface area (Å²) in [6, 6.07) is 7.28. The largest absolute Gasteiger partial charge is 0.479 e.